The number of aromatic nitrogens is 3. The number of hydrogen-bond acceptors (Lipinski definition) is 9. The number of thiazole rings is 1. The summed E-state index contributed by atoms with van der Waals surface area (Å²) in [4.78, 5) is 28.5. The molecular formula is C27H33N7O3S. The number of carbonyl (C=O) groups excluding carboxylic acids is 1. The Bertz CT molecular complexity index is 1300. The molecule has 200 valence electrons. The highest BCUT2D eigenvalue weighted by Gasteiger charge is 2.09. The molecule has 4 aromatic rings. The number of anilines is 3. The van der Waals surface area contributed by atoms with Crippen LogP contribution in [0.25, 0.3) is 10.9 Å². The van der Waals surface area contributed by atoms with E-state index in [4.69, 9.17) is 9.84 Å². The average molecular weight is 536 g/mol. The summed E-state index contributed by atoms with van der Waals surface area (Å²) in [6.45, 7) is 6.01. The van der Waals surface area contributed by atoms with Gasteiger partial charge in [0.1, 0.15) is 17.9 Å². The highest BCUT2D eigenvalue weighted by Crippen LogP contribution is 2.24. The van der Waals surface area contributed by atoms with Crippen molar-refractivity contribution in [1.29, 1.82) is 0 Å². The van der Waals surface area contributed by atoms with Crippen molar-refractivity contribution in [3.63, 3.8) is 0 Å². The second-order valence-corrected chi connectivity index (χ2v) is 9.63. The van der Waals surface area contributed by atoms with Crippen LogP contribution in [0.3, 0.4) is 0 Å². The highest BCUT2D eigenvalue weighted by atomic mass is 32.1. The van der Waals surface area contributed by atoms with Crippen LogP contribution >= 0.6 is 11.3 Å². The Morgan fingerprint density at radius 2 is 1.95 bits per heavy atom. The van der Waals surface area contributed by atoms with Crippen LogP contribution in [0.15, 0.2) is 61.1 Å². The van der Waals surface area contributed by atoms with Crippen LogP contribution in [0.1, 0.15) is 18.2 Å². The zero-order valence-corrected chi connectivity index (χ0v) is 22.2. The quantitative estimate of drug-likeness (QED) is 0.174. The van der Waals surface area contributed by atoms with E-state index < -0.39 is 0 Å². The van der Waals surface area contributed by atoms with Crippen molar-refractivity contribution < 1.29 is 14.6 Å². The molecule has 0 radical (unpaired) electrons. The van der Waals surface area contributed by atoms with Crippen LogP contribution in [0, 0.1) is 0 Å². The minimum Gasteiger partial charge on any atom is -0.493 e. The van der Waals surface area contributed by atoms with E-state index >= 15 is 0 Å². The van der Waals surface area contributed by atoms with Crippen molar-refractivity contribution in [3.05, 3.63) is 65.9 Å². The van der Waals surface area contributed by atoms with Crippen LogP contribution in [0.2, 0.25) is 0 Å². The lowest BCUT2D eigenvalue weighted by molar-refractivity contribution is 0.189. The summed E-state index contributed by atoms with van der Waals surface area (Å²) < 4.78 is 5.92. The van der Waals surface area contributed by atoms with Crippen LogP contribution in [0.5, 0.6) is 5.75 Å². The second-order valence-electron chi connectivity index (χ2n) is 8.51. The van der Waals surface area contributed by atoms with E-state index in [0.717, 1.165) is 59.0 Å². The molecular weight excluding hydrogens is 502 g/mol. The van der Waals surface area contributed by atoms with Crippen LogP contribution < -0.4 is 20.7 Å². The molecule has 0 fully saturated rings. The number of amides is 2. The van der Waals surface area contributed by atoms with Crippen molar-refractivity contribution in [1.82, 2.24) is 19.9 Å². The number of nitrogens with zero attached hydrogens (tertiary/aromatic N) is 4. The molecule has 38 heavy (non-hydrogen) atoms. The molecule has 4 rings (SSSR count). The van der Waals surface area contributed by atoms with Gasteiger partial charge in [-0.15, -0.1) is 11.3 Å². The minimum absolute atomic E-state index is 0.172. The molecule has 2 heterocycles. The molecule has 11 heteroatoms. The Hall–Kier alpha value is -3.80. The number of nitrogens with one attached hydrogen (secondary N) is 3. The lowest BCUT2D eigenvalue weighted by Crippen LogP contribution is -2.28. The number of likely N-dealkylation sites (N-methyl/N-ethyl adjacent to an activating group) is 1. The highest BCUT2D eigenvalue weighted by molar-refractivity contribution is 7.15. The number of carbonyl (C=O) groups is 1. The number of ether oxygens (including phenoxy) is 1. The fourth-order valence-electron chi connectivity index (χ4n) is 3.88. The van der Waals surface area contributed by atoms with Gasteiger partial charge in [0.15, 0.2) is 5.13 Å². The van der Waals surface area contributed by atoms with Crippen LogP contribution in [0.4, 0.5) is 21.4 Å². The first-order valence-electron chi connectivity index (χ1n) is 12.7. The average Bonchev–Trinajstić information content (AvgIpc) is 3.37. The van der Waals surface area contributed by atoms with Crippen molar-refractivity contribution in [3.8, 4) is 5.75 Å². The summed E-state index contributed by atoms with van der Waals surface area (Å²) in [7, 11) is 0. The predicted molar refractivity (Wildman–Crippen MR) is 152 cm³/mol. The molecule has 2 aromatic heterocycles. The van der Waals surface area contributed by atoms with Gasteiger partial charge in [-0.2, -0.15) is 0 Å². The fraction of sp³-hybridized carbons (Fsp3) is 0.333. The lowest BCUT2D eigenvalue weighted by Gasteiger charge is -2.18. The Morgan fingerprint density at radius 3 is 2.76 bits per heavy atom. The summed E-state index contributed by atoms with van der Waals surface area (Å²) in [6, 6.07) is 14.8. The Morgan fingerprint density at radius 1 is 1.08 bits per heavy atom. The number of hydrogen-bond donors (Lipinski definition) is 4. The van der Waals surface area contributed by atoms with Gasteiger partial charge in [-0.05, 0) is 37.2 Å². The fourth-order valence-corrected chi connectivity index (χ4v) is 4.69. The van der Waals surface area contributed by atoms with E-state index in [-0.39, 0.29) is 12.6 Å². The van der Waals surface area contributed by atoms with Crippen molar-refractivity contribution in [2.45, 2.75) is 19.8 Å². The van der Waals surface area contributed by atoms with Crippen molar-refractivity contribution in [2.75, 3.05) is 55.3 Å². The standard InChI is InChI=1S/C27H33N7O3S/c1-2-34(14-15-35)13-6-16-37-21-9-10-23-24(17-21)30-19-31-25(23)28-12-11-22-18-29-27(38-22)33-26(36)32-20-7-4-3-5-8-20/h3-5,7-10,17-19,35H,2,6,11-16H2,1H3,(H,28,30,31)(H2,29,32,33,36). The number of aliphatic hydroxyl groups excluding tert-OH is 1. The summed E-state index contributed by atoms with van der Waals surface area (Å²) in [5.41, 5.74) is 1.53. The van der Waals surface area contributed by atoms with Gasteiger partial charge in [0.2, 0.25) is 0 Å². The van der Waals surface area contributed by atoms with E-state index in [1.165, 1.54) is 11.3 Å². The van der Waals surface area contributed by atoms with E-state index in [0.29, 0.717) is 24.8 Å². The predicted octanol–water partition coefficient (Wildman–Crippen LogP) is 4.47. The van der Waals surface area contributed by atoms with E-state index in [9.17, 15) is 4.79 Å². The zero-order valence-electron chi connectivity index (χ0n) is 21.4. The SMILES string of the molecule is CCN(CCO)CCCOc1ccc2c(NCCc3cnc(NC(=O)Nc4ccccc4)s3)ncnc2c1. The molecule has 0 saturated carbocycles. The first-order chi connectivity index (χ1) is 18.6. The van der Waals surface area contributed by atoms with Gasteiger partial charge in [-0.1, -0.05) is 25.1 Å². The molecule has 10 nitrogen and oxygen atoms in total. The molecule has 0 atom stereocenters. The number of fused-ring (bicyclic) bond motifs is 1. The van der Waals surface area contributed by atoms with Gasteiger partial charge in [-0.25, -0.2) is 19.7 Å². The maximum atomic E-state index is 12.2. The van der Waals surface area contributed by atoms with E-state index in [1.807, 2.05) is 48.5 Å². The second kappa shape index (κ2) is 14.2. The molecule has 0 aliphatic heterocycles. The Balaban J connectivity index is 1.24. The topological polar surface area (TPSA) is 125 Å². The number of para-hydroxylation sites is 1. The molecule has 0 unspecified atom stereocenters. The third kappa shape index (κ3) is 8.10. The molecule has 2 aromatic carbocycles. The van der Waals surface area contributed by atoms with Gasteiger partial charge in [0.25, 0.3) is 0 Å². The third-order valence-corrected chi connectivity index (χ3v) is 6.80. The van der Waals surface area contributed by atoms with E-state index in [2.05, 4.69) is 42.7 Å². The summed E-state index contributed by atoms with van der Waals surface area (Å²) in [5.74, 6) is 1.53. The van der Waals surface area contributed by atoms with Gasteiger partial charge >= 0.3 is 6.03 Å². The molecule has 0 bridgehead atoms. The molecule has 0 saturated heterocycles. The summed E-state index contributed by atoms with van der Waals surface area (Å²) in [6.07, 6.45) is 4.94. The van der Waals surface area contributed by atoms with Gasteiger partial charge < -0.3 is 25.4 Å². The Labute approximate surface area is 226 Å². The number of benzene rings is 2. The molecule has 4 N–H and O–H groups in total. The first-order valence-corrected chi connectivity index (χ1v) is 13.5. The van der Waals surface area contributed by atoms with Crippen LogP contribution in [-0.2, 0) is 6.42 Å². The monoisotopic (exact) mass is 535 g/mol. The third-order valence-electron chi connectivity index (χ3n) is 5.83. The van der Waals surface area contributed by atoms with Crippen LogP contribution in [-0.4, -0.2) is 70.4 Å². The van der Waals surface area contributed by atoms with Gasteiger partial charge in [0, 0.05) is 54.3 Å². The zero-order chi connectivity index (χ0) is 26.6. The molecule has 0 spiro atoms. The smallest absolute Gasteiger partial charge is 0.325 e. The minimum atomic E-state index is -0.323. The molecule has 2 amide bonds. The largest absolute Gasteiger partial charge is 0.493 e. The van der Waals surface area contributed by atoms with Gasteiger partial charge in [0.05, 0.1) is 18.7 Å². The maximum absolute atomic E-state index is 12.2. The number of rotatable bonds is 14. The van der Waals surface area contributed by atoms with Crippen molar-refractivity contribution >= 4 is 44.9 Å². The van der Waals surface area contributed by atoms with E-state index in [1.54, 1.807) is 12.5 Å². The van der Waals surface area contributed by atoms with Crippen molar-refractivity contribution in [2.24, 2.45) is 0 Å². The number of urea groups is 1. The molecule has 0 aliphatic rings. The van der Waals surface area contributed by atoms with Gasteiger partial charge in [-0.3, -0.25) is 5.32 Å². The maximum Gasteiger partial charge on any atom is 0.325 e. The molecule has 0 aliphatic carbocycles. The summed E-state index contributed by atoms with van der Waals surface area (Å²) >= 11 is 1.44. The lowest BCUT2D eigenvalue weighted by atomic mass is 10.2. The Kier molecular flexibility index (Phi) is 10.2. The normalized spacial score (nSPS) is 11.0. The first kappa shape index (κ1) is 27.2. The number of aliphatic hydroxyl groups is 1. The summed E-state index contributed by atoms with van der Waals surface area (Å²) in [5, 5.41) is 19.5.